The number of Topliss-reactive ketones (excluding diaryl/α,β-unsaturated/α-hetero) is 1. The zero-order chi connectivity index (χ0) is 37.5. The van der Waals surface area contributed by atoms with Crippen molar-refractivity contribution in [2.24, 2.45) is 5.92 Å². The van der Waals surface area contributed by atoms with Crippen molar-refractivity contribution >= 4 is 11.7 Å². The maximum absolute atomic E-state index is 12.3. The molecule has 0 aliphatic rings. The van der Waals surface area contributed by atoms with Gasteiger partial charge in [-0.25, -0.2) is 0 Å². The fourth-order valence-electron chi connectivity index (χ4n) is 4.01. The van der Waals surface area contributed by atoms with Gasteiger partial charge in [-0.15, -0.1) is 0 Å². The molecular formula is C35H70N2O14. The maximum atomic E-state index is 12.3. The van der Waals surface area contributed by atoms with Gasteiger partial charge in [0.1, 0.15) is 0 Å². The van der Waals surface area contributed by atoms with E-state index in [0.29, 0.717) is 159 Å². The summed E-state index contributed by atoms with van der Waals surface area (Å²) < 4.78 is 64.9. The van der Waals surface area contributed by atoms with Crippen LogP contribution in [0.2, 0.25) is 0 Å². The number of rotatable bonds is 42. The summed E-state index contributed by atoms with van der Waals surface area (Å²) in [5.74, 6) is -0.266. The molecule has 0 saturated heterocycles. The number of amides is 1. The van der Waals surface area contributed by atoms with Gasteiger partial charge in [0.15, 0.2) is 5.78 Å². The summed E-state index contributed by atoms with van der Waals surface area (Å²) in [6.07, 6.45) is 0.118. The first-order valence-corrected chi connectivity index (χ1v) is 18.3. The van der Waals surface area contributed by atoms with Gasteiger partial charge >= 0.3 is 0 Å². The minimum atomic E-state index is -0.479. The Morgan fingerprint density at radius 1 is 0.431 bits per heavy atom. The van der Waals surface area contributed by atoms with Gasteiger partial charge in [0.05, 0.1) is 158 Å². The molecule has 1 amide bonds. The van der Waals surface area contributed by atoms with Crippen LogP contribution in [0.1, 0.15) is 34.1 Å². The molecule has 0 heterocycles. The van der Waals surface area contributed by atoms with E-state index in [2.05, 4.69) is 10.6 Å². The number of carbonyl (C=O) groups is 2. The molecule has 0 aliphatic heterocycles. The second kappa shape index (κ2) is 39.8. The van der Waals surface area contributed by atoms with Crippen molar-refractivity contribution in [2.45, 2.75) is 46.2 Å². The lowest BCUT2D eigenvalue weighted by Crippen LogP contribution is -2.46. The molecule has 0 fully saturated rings. The average molecular weight is 743 g/mol. The summed E-state index contributed by atoms with van der Waals surface area (Å²) in [5.41, 5.74) is 0. The van der Waals surface area contributed by atoms with Crippen LogP contribution in [0.15, 0.2) is 0 Å². The summed E-state index contributed by atoms with van der Waals surface area (Å²) >= 11 is 0. The van der Waals surface area contributed by atoms with E-state index in [-0.39, 0.29) is 30.1 Å². The van der Waals surface area contributed by atoms with Crippen molar-refractivity contribution < 1.29 is 66.4 Å². The Bertz CT molecular complexity index is 751. The van der Waals surface area contributed by atoms with Crippen molar-refractivity contribution in [1.29, 1.82) is 0 Å². The Hall–Kier alpha value is -1.38. The van der Waals surface area contributed by atoms with Crippen molar-refractivity contribution in [2.75, 3.05) is 166 Å². The number of carbonyl (C=O) groups excluding carboxylic acids is 2. The van der Waals surface area contributed by atoms with E-state index in [1.54, 1.807) is 7.11 Å². The third-order valence-corrected chi connectivity index (χ3v) is 6.56. The van der Waals surface area contributed by atoms with Crippen LogP contribution in [0.4, 0.5) is 0 Å². The second-order valence-electron chi connectivity index (χ2n) is 11.7. The van der Waals surface area contributed by atoms with Gasteiger partial charge in [0.25, 0.3) is 0 Å². The Kier molecular flexibility index (Phi) is 38.7. The van der Waals surface area contributed by atoms with E-state index in [1.165, 1.54) is 0 Å². The first-order valence-electron chi connectivity index (χ1n) is 18.3. The van der Waals surface area contributed by atoms with Crippen molar-refractivity contribution in [1.82, 2.24) is 10.6 Å². The van der Waals surface area contributed by atoms with Crippen LogP contribution in [0.25, 0.3) is 0 Å². The molecule has 0 radical (unpaired) electrons. The topological polar surface area (TPSA) is 169 Å². The van der Waals surface area contributed by atoms with E-state index in [9.17, 15) is 9.59 Å². The highest BCUT2D eigenvalue weighted by molar-refractivity contribution is 5.90. The second-order valence-corrected chi connectivity index (χ2v) is 11.7. The summed E-state index contributed by atoms with van der Waals surface area (Å²) in [5, 5.41) is 5.97. The van der Waals surface area contributed by atoms with Crippen LogP contribution in [0.5, 0.6) is 0 Å². The molecule has 16 nitrogen and oxygen atoms in total. The molecular weight excluding hydrogens is 672 g/mol. The molecule has 0 unspecified atom stereocenters. The van der Waals surface area contributed by atoms with E-state index in [1.807, 2.05) is 27.7 Å². The quantitative estimate of drug-likeness (QED) is 0.0847. The van der Waals surface area contributed by atoms with E-state index in [4.69, 9.17) is 56.8 Å². The normalized spacial score (nSPS) is 12.3. The molecule has 1 atom stereocenters. The number of methoxy groups -OCH3 is 1. The summed E-state index contributed by atoms with van der Waals surface area (Å²) in [7, 11) is 1.64. The molecule has 51 heavy (non-hydrogen) atoms. The first-order chi connectivity index (χ1) is 24.9. The first kappa shape index (κ1) is 49.6. The van der Waals surface area contributed by atoms with Gasteiger partial charge in [-0.05, 0) is 0 Å². The van der Waals surface area contributed by atoms with Gasteiger partial charge in [-0.3, -0.25) is 9.59 Å². The minimum Gasteiger partial charge on any atom is -0.382 e. The van der Waals surface area contributed by atoms with Crippen LogP contribution < -0.4 is 10.6 Å². The van der Waals surface area contributed by atoms with Crippen LogP contribution in [-0.4, -0.2) is 189 Å². The number of hydrogen-bond donors (Lipinski definition) is 2. The highest BCUT2D eigenvalue weighted by Gasteiger charge is 2.24. The molecule has 0 aromatic carbocycles. The number of nitrogens with one attached hydrogen (secondary N) is 2. The molecule has 0 rings (SSSR count). The smallest absolute Gasteiger partial charge is 0.222 e. The minimum absolute atomic E-state index is 0.0402. The average Bonchev–Trinajstić information content (AvgIpc) is 3.10. The molecule has 0 aromatic heterocycles. The van der Waals surface area contributed by atoms with Gasteiger partial charge in [-0.2, -0.15) is 0 Å². The van der Waals surface area contributed by atoms with Crippen LogP contribution in [0, 0.1) is 5.92 Å². The standard InChI is InChI=1S/C35H70N2O14/c1-31(2)35(39)33(37-32(3)4)30-34(38)36-6-7-41-10-11-43-14-15-45-18-19-47-22-23-49-26-27-51-29-28-50-25-24-48-21-20-46-17-16-44-13-12-42-9-8-40-5/h31-33,37H,6-30H2,1-5H3,(H,36,38)/t33-/m1/s1. The highest BCUT2D eigenvalue weighted by atomic mass is 16.6. The molecule has 0 aromatic rings. The van der Waals surface area contributed by atoms with E-state index in [0.717, 1.165) is 0 Å². The molecule has 2 N–H and O–H groups in total. The Morgan fingerprint density at radius 2 is 0.706 bits per heavy atom. The number of ketones is 1. The third kappa shape index (κ3) is 38.2. The summed E-state index contributed by atoms with van der Waals surface area (Å²) in [6.45, 7) is 19.3. The Morgan fingerprint density at radius 3 is 0.961 bits per heavy atom. The van der Waals surface area contributed by atoms with Crippen molar-refractivity contribution in [3.8, 4) is 0 Å². The lowest BCUT2D eigenvalue weighted by molar-refractivity contribution is -0.129. The summed E-state index contributed by atoms with van der Waals surface area (Å²) in [4.78, 5) is 24.5. The largest absolute Gasteiger partial charge is 0.382 e. The van der Waals surface area contributed by atoms with Gasteiger partial charge in [0, 0.05) is 32.0 Å². The zero-order valence-electron chi connectivity index (χ0n) is 32.1. The fourth-order valence-corrected chi connectivity index (χ4v) is 4.01. The van der Waals surface area contributed by atoms with Gasteiger partial charge < -0.3 is 67.5 Å². The molecule has 0 aliphatic carbocycles. The van der Waals surface area contributed by atoms with Crippen LogP contribution >= 0.6 is 0 Å². The monoisotopic (exact) mass is 742 g/mol. The predicted octanol–water partition coefficient (Wildman–Crippen LogP) is 0.913. The molecule has 304 valence electrons. The van der Waals surface area contributed by atoms with Gasteiger partial charge in [0.2, 0.25) is 5.91 Å². The zero-order valence-corrected chi connectivity index (χ0v) is 32.1. The van der Waals surface area contributed by atoms with E-state index >= 15 is 0 Å². The van der Waals surface area contributed by atoms with Gasteiger partial charge in [-0.1, -0.05) is 27.7 Å². The van der Waals surface area contributed by atoms with E-state index < -0.39 is 6.04 Å². The molecule has 0 bridgehead atoms. The SMILES string of the molecule is COCCOCCOCCOCCOCCOCCOCCOCCOCCOCCOCCOCCNC(=O)C[C@@H](NC(C)C)C(=O)C(C)C. The van der Waals surface area contributed by atoms with Crippen molar-refractivity contribution in [3.05, 3.63) is 0 Å². The highest BCUT2D eigenvalue weighted by Crippen LogP contribution is 2.05. The number of hydrogen-bond acceptors (Lipinski definition) is 15. The Labute approximate surface area is 306 Å². The van der Waals surface area contributed by atoms with Crippen LogP contribution in [0.3, 0.4) is 0 Å². The van der Waals surface area contributed by atoms with Crippen molar-refractivity contribution in [3.63, 3.8) is 0 Å². The Balaban J connectivity index is 3.25. The third-order valence-electron chi connectivity index (χ3n) is 6.56. The lowest BCUT2D eigenvalue weighted by Gasteiger charge is -2.21. The number of ether oxygens (including phenoxy) is 12. The molecule has 16 heteroatoms. The summed E-state index contributed by atoms with van der Waals surface area (Å²) in [6, 6.07) is -0.364. The fraction of sp³-hybridized carbons (Fsp3) is 0.943. The predicted molar refractivity (Wildman–Crippen MR) is 190 cm³/mol. The molecule has 0 saturated carbocycles. The lowest BCUT2D eigenvalue weighted by atomic mass is 9.98. The maximum Gasteiger partial charge on any atom is 0.222 e. The molecule has 0 spiro atoms. The van der Waals surface area contributed by atoms with Crippen LogP contribution in [-0.2, 0) is 66.4 Å².